The molecule has 4 nitrogen and oxygen atoms in total. The molecule has 0 aliphatic carbocycles. The minimum Gasteiger partial charge on any atom is -0.497 e. The van der Waals surface area contributed by atoms with Crippen LogP contribution >= 0.6 is 0 Å². The van der Waals surface area contributed by atoms with Gasteiger partial charge >= 0.3 is 0 Å². The van der Waals surface area contributed by atoms with Crippen molar-refractivity contribution in [1.29, 1.82) is 5.26 Å². The lowest BCUT2D eigenvalue weighted by molar-refractivity contribution is -0.350. The van der Waals surface area contributed by atoms with Crippen molar-refractivity contribution in [3.05, 3.63) is 71.8 Å². The summed E-state index contributed by atoms with van der Waals surface area (Å²) in [6.07, 6.45) is 2.07. The van der Waals surface area contributed by atoms with Crippen molar-refractivity contribution in [2.75, 3.05) is 7.11 Å². The molecule has 0 saturated carbocycles. The normalized spacial score (nSPS) is 20.2. The van der Waals surface area contributed by atoms with Crippen LogP contribution in [0, 0.1) is 17.2 Å². The Morgan fingerprint density at radius 3 is 2.39 bits per heavy atom. The minimum absolute atomic E-state index is 0.0699. The smallest absolute Gasteiger partial charge is 0.264 e. The van der Waals surface area contributed by atoms with Gasteiger partial charge in [-0.25, -0.2) is 4.99 Å². The highest BCUT2D eigenvalue weighted by Gasteiger charge is 2.33. The Morgan fingerprint density at radius 2 is 1.78 bits per heavy atom. The van der Waals surface area contributed by atoms with Crippen LogP contribution in [0.15, 0.2) is 60.7 Å². The summed E-state index contributed by atoms with van der Waals surface area (Å²) in [5.74, 6) is 0.824. The van der Waals surface area contributed by atoms with Crippen LogP contribution < -0.4 is 15.5 Å². The number of benzene rings is 2. The van der Waals surface area contributed by atoms with Crippen LogP contribution in [0.25, 0.3) is 5.70 Å². The summed E-state index contributed by atoms with van der Waals surface area (Å²) in [7, 11) is 1.64. The second kappa shape index (κ2) is 6.37. The molecule has 0 spiro atoms. The molecule has 0 saturated heterocycles. The van der Waals surface area contributed by atoms with Gasteiger partial charge < -0.3 is 4.74 Å². The molecule has 0 fully saturated rings. The zero-order chi connectivity index (χ0) is 16.2. The fourth-order valence-electron chi connectivity index (χ4n) is 2.80. The largest absolute Gasteiger partial charge is 0.497 e. The van der Waals surface area contributed by atoms with E-state index in [4.69, 9.17) is 10.5 Å². The second-order valence-electron chi connectivity index (χ2n) is 5.43. The van der Waals surface area contributed by atoms with Gasteiger partial charge in [-0.2, -0.15) is 5.26 Å². The van der Waals surface area contributed by atoms with E-state index in [2.05, 4.69) is 17.1 Å². The summed E-state index contributed by atoms with van der Waals surface area (Å²) in [6, 6.07) is 20.0. The van der Waals surface area contributed by atoms with Gasteiger partial charge in [-0.15, -0.1) is 0 Å². The first-order chi connectivity index (χ1) is 11.2. The fraction of sp³-hybridized carbons (Fsp3) is 0.158. The molecule has 0 aromatic heterocycles. The van der Waals surface area contributed by atoms with Crippen molar-refractivity contribution < 1.29 is 9.73 Å². The molecule has 1 aliphatic rings. The molecule has 0 amide bonds. The monoisotopic (exact) mass is 304 g/mol. The number of nitrogens with one attached hydrogen (secondary N) is 1. The topological polar surface area (TPSA) is 73.0 Å². The predicted molar refractivity (Wildman–Crippen MR) is 89.4 cm³/mol. The van der Waals surface area contributed by atoms with Crippen molar-refractivity contribution in [2.24, 2.45) is 11.7 Å². The molecular formula is C19H18N3O+. The lowest BCUT2D eigenvalue weighted by Crippen LogP contribution is -2.76. The Labute approximate surface area is 135 Å². The summed E-state index contributed by atoms with van der Waals surface area (Å²) < 4.78 is 5.19. The molecular weight excluding hydrogens is 286 g/mol. The van der Waals surface area contributed by atoms with Crippen LogP contribution in [-0.2, 0) is 0 Å². The van der Waals surface area contributed by atoms with E-state index < -0.39 is 0 Å². The third kappa shape index (κ3) is 2.95. The molecule has 1 aliphatic heterocycles. The van der Waals surface area contributed by atoms with Gasteiger partial charge in [0.25, 0.3) is 5.84 Å². The molecule has 3 rings (SSSR count). The SMILES string of the molecule is COc1ccc(C2=C[C@H](c3ccccc3)[C@H](C#N)C(N)=[NH+]2)cc1. The summed E-state index contributed by atoms with van der Waals surface area (Å²) in [6.45, 7) is 0. The number of hydrogen-bond donors (Lipinski definition) is 2. The Bertz CT molecular complexity index is 786. The van der Waals surface area contributed by atoms with E-state index in [9.17, 15) is 5.26 Å². The highest BCUT2D eigenvalue weighted by molar-refractivity contribution is 5.85. The molecule has 23 heavy (non-hydrogen) atoms. The summed E-state index contributed by atoms with van der Waals surface area (Å²) in [5, 5.41) is 9.48. The molecule has 1 heterocycles. The zero-order valence-corrected chi connectivity index (χ0v) is 12.9. The van der Waals surface area contributed by atoms with E-state index in [-0.39, 0.29) is 11.8 Å². The standard InChI is InChI=1S/C19H17N3O/c1-23-15-9-7-14(8-10-15)18-11-16(13-5-3-2-4-6-13)17(12-20)19(21)22-18/h2-11,16-17H,1H3,(H2,21,22)/p+1/t16-,17+/m1/s1. The molecule has 0 bridgehead atoms. The highest BCUT2D eigenvalue weighted by atomic mass is 16.5. The highest BCUT2D eigenvalue weighted by Crippen LogP contribution is 2.29. The molecule has 0 unspecified atom stereocenters. The minimum atomic E-state index is -0.389. The van der Waals surface area contributed by atoms with E-state index in [0.29, 0.717) is 5.84 Å². The molecule has 2 atom stereocenters. The molecule has 2 aromatic carbocycles. The van der Waals surface area contributed by atoms with Gasteiger partial charge in [0.1, 0.15) is 11.4 Å². The lowest BCUT2D eigenvalue weighted by Gasteiger charge is -2.21. The quantitative estimate of drug-likeness (QED) is 0.900. The zero-order valence-electron chi connectivity index (χ0n) is 12.9. The maximum atomic E-state index is 9.48. The first-order valence-corrected chi connectivity index (χ1v) is 7.43. The number of nitrogens with two attached hydrogens (primary N) is 1. The van der Waals surface area contributed by atoms with Crippen LogP contribution in [0.2, 0.25) is 0 Å². The number of amidine groups is 1. The van der Waals surface area contributed by atoms with E-state index in [1.54, 1.807) is 7.11 Å². The summed E-state index contributed by atoms with van der Waals surface area (Å²) in [4.78, 5) is 3.16. The Balaban J connectivity index is 2.03. The van der Waals surface area contributed by atoms with Crippen LogP contribution in [0.4, 0.5) is 0 Å². The first kappa shape index (κ1) is 14.9. The molecule has 4 heteroatoms. The number of ether oxygens (including phenoxy) is 1. The Hall–Kier alpha value is -3.06. The summed E-state index contributed by atoms with van der Waals surface area (Å²) >= 11 is 0. The van der Waals surface area contributed by atoms with Crippen molar-refractivity contribution in [3.63, 3.8) is 0 Å². The van der Waals surface area contributed by atoms with Gasteiger partial charge in [0, 0.05) is 11.5 Å². The number of nitrogens with zero attached hydrogens (tertiary/aromatic N) is 1. The van der Waals surface area contributed by atoms with Crippen LogP contribution in [0.3, 0.4) is 0 Å². The van der Waals surface area contributed by atoms with Gasteiger partial charge in [0.2, 0.25) is 0 Å². The average molecular weight is 304 g/mol. The van der Waals surface area contributed by atoms with Gasteiger partial charge in [-0.1, -0.05) is 30.3 Å². The van der Waals surface area contributed by atoms with Crippen LogP contribution in [0.1, 0.15) is 17.0 Å². The van der Waals surface area contributed by atoms with Gasteiger partial charge in [0.05, 0.1) is 13.2 Å². The third-order valence-electron chi connectivity index (χ3n) is 4.04. The van der Waals surface area contributed by atoms with Crippen LogP contribution in [0.5, 0.6) is 5.75 Å². The van der Waals surface area contributed by atoms with Gasteiger partial charge in [0.15, 0.2) is 5.92 Å². The van der Waals surface area contributed by atoms with E-state index in [1.807, 2.05) is 54.6 Å². The molecule has 3 N–H and O–H groups in total. The lowest BCUT2D eigenvalue weighted by atomic mass is 9.83. The molecule has 2 aromatic rings. The average Bonchev–Trinajstić information content (AvgIpc) is 2.62. The van der Waals surface area contributed by atoms with Gasteiger partial charge in [-0.05, 0) is 35.9 Å². The maximum Gasteiger partial charge on any atom is 0.264 e. The number of rotatable bonds is 3. The number of allylic oxidation sites excluding steroid dienone is 1. The number of hydrogen-bond acceptors (Lipinski definition) is 3. The number of methoxy groups -OCH3 is 1. The van der Waals surface area contributed by atoms with Crippen molar-refractivity contribution in [3.8, 4) is 11.8 Å². The Morgan fingerprint density at radius 1 is 1.09 bits per heavy atom. The molecule has 0 radical (unpaired) electrons. The van der Waals surface area contributed by atoms with Crippen molar-refractivity contribution >= 4 is 11.5 Å². The first-order valence-electron chi connectivity index (χ1n) is 7.43. The van der Waals surface area contributed by atoms with Gasteiger partial charge in [-0.3, -0.25) is 5.73 Å². The predicted octanol–water partition coefficient (Wildman–Crippen LogP) is 1.41. The molecule has 114 valence electrons. The van der Waals surface area contributed by atoms with E-state index in [0.717, 1.165) is 22.6 Å². The summed E-state index contributed by atoms with van der Waals surface area (Å²) in [5.41, 5.74) is 9.11. The van der Waals surface area contributed by atoms with E-state index in [1.165, 1.54) is 0 Å². The fourth-order valence-corrected chi connectivity index (χ4v) is 2.80. The van der Waals surface area contributed by atoms with Crippen molar-refractivity contribution in [1.82, 2.24) is 0 Å². The Kier molecular flexibility index (Phi) is 4.11. The second-order valence-corrected chi connectivity index (χ2v) is 5.43. The maximum absolute atomic E-state index is 9.48. The van der Waals surface area contributed by atoms with E-state index >= 15 is 0 Å². The number of nitriles is 1. The van der Waals surface area contributed by atoms with Crippen LogP contribution in [-0.4, -0.2) is 12.9 Å². The third-order valence-corrected chi connectivity index (χ3v) is 4.04. The van der Waals surface area contributed by atoms with Crippen molar-refractivity contribution in [2.45, 2.75) is 5.92 Å².